The highest BCUT2D eigenvalue weighted by Gasteiger charge is 2.08. The Balaban J connectivity index is 2.87. The Kier molecular flexibility index (Phi) is 2.04. The zero-order valence-corrected chi connectivity index (χ0v) is 7.51. The number of anilines is 1. The van der Waals surface area contributed by atoms with E-state index in [-0.39, 0.29) is 0 Å². The molecule has 0 aliphatic carbocycles. The molecule has 0 radical (unpaired) electrons. The van der Waals surface area contributed by atoms with E-state index in [1.54, 1.807) is 13.1 Å². The van der Waals surface area contributed by atoms with Crippen LogP contribution in [-0.4, -0.2) is 12.0 Å². The van der Waals surface area contributed by atoms with Crippen LogP contribution in [0.4, 0.5) is 14.5 Å². The van der Waals surface area contributed by atoms with E-state index in [0.717, 1.165) is 6.07 Å². The van der Waals surface area contributed by atoms with Crippen molar-refractivity contribution in [3.8, 4) is 0 Å². The van der Waals surface area contributed by atoms with Gasteiger partial charge in [0.25, 0.3) is 0 Å². The molecule has 0 aliphatic heterocycles. The highest BCUT2D eigenvalue weighted by Crippen LogP contribution is 2.24. The predicted octanol–water partition coefficient (Wildman–Crippen LogP) is 2.55. The molecule has 1 N–H and O–H groups in total. The van der Waals surface area contributed by atoms with Crippen LogP contribution < -0.4 is 5.32 Å². The lowest BCUT2D eigenvalue weighted by Gasteiger charge is -2.05. The fourth-order valence-corrected chi connectivity index (χ4v) is 1.41. The third-order valence-electron chi connectivity index (χ3n) is 2.03. The maximum Gasteiger partial charge on any atom is 0.137 e. The molecule has 1 aromatic heterocycles. The van der Waals surface area contributed by atoms with Crippen LogP contribution in [0.25, 0.3) is 10.9 Å². The molecule has 0 spiro atoms. The number of aromatic nitrogens is 1. The fourth-order valence-electron chi connectivity index (χ4n) is 1.41. The fraction of sp³-hybridized carbons (Fsp3) is 0.100. The SMILES string of the molecule is CNc1ccnc2cc(F)cc(F)c12. The minimum atomic E-state index is -0.615. The molecule has 4 heteroatoms. The molecule has 2 aromatic rings. The molecule has 1 aromatic carbocycles. The van der Waals surface area contributed by atoms with Crippen molar-refractivity contribution < 1.29 is 8.78 Å². The molecule has 2 rings (SSSR count). The van der Waals surface area contributed by atoms with Crippen molar-refractivity contribution in [1.29, 1.82) is 0 Å². The van der Waals surface area contributed by atoms with Crippen molar-refractivity contribution in [2.45, 2.75) is 0 Å². The Morgan fingerprint density at radius 2 is 2.07 bits per heavy atom. The molecule has 72 valence electrons. The lowest BCUT2D eigenvalue weighted by molar-refractivity contribution is 0.592. The van der Waals surface area contributed by atoms with Gasteiger partial charge in [-0.1, -0.05) is 0 Å². The molecule has 14 heavy (non-hydrogen) atoms. The van der Waals surface area contributed by atoms with Gasteiger partial charge >= 0.3 is 0 Å². The molecule has 0 saturated carbocycles. The first-order valence-corrected chi connectivity index (χ1v) is 4.14. The van der Waals surface area contributed by atoms with Crippen molar-refractivity contribution in [1.82, 2.24) is 4.98 Å². The van der Waals surface area contributed by atoms with Crippen LogP contribution in [0.5, 0.6) is 0 Å². The zero-order chi connectivity index (χ0) is 10.1. The van der Waals surface area contributed by atoms with Crippen molar-refractivity contribution in [3.63, 3.8) is 0 Å². The van der Waals surface area contributed by atoms with Gasteiger partial charge in [-0.15, -0.1) is 0 Å². The summed E-state index contributed by atoms with van der Waals surface area (Å²) in [7, 11) is 1.68. The van der Waals surface area contributed by atoms with Crippen molar-refractivity contribution >= 4 is 16.6 Å². The molecular formula is C10H8F2N2. The second-order valence-electron chi connectivity index (χ2n) is 2.89. The summed E-state index contributed by atoms with van der Waals surface area (Å²) in [5, 5.41) is 3.14. The van der Waals surface area contributed by atoms with Crippen LogP contribution in [0.2, 0.25) is 0 Å². The van der Waals surface area contributed by atoms with E-state index in [0.29, 0.717) is 16.6 Å². The van der Waals surface area contributed by atoms with Gasteiger partial charge in [0.15, 0.2) is 0 Å². The summed E-state index contributed by atoms with van der Waals surface area (Å²) in [6.07, 6.45) is 1.51. The summed E-state index contributed by atoms with van der Waals surface area (Å²) in [5.74, 6) is -1.21. The van der Waals surface area contributed by atoms with Crippen LogP contribution in [0.3, 0.4) is 0 Å². The number of hydrogen-bond donors (Lipinski definition) is 1. The van der Waals surface area contributed by atoms with Gasteiger partial charge in [0, 0.05) is 31.1 Å². The number of halogens is 2. The Morgan fingerprint density at radius 3 is 2.79 bits per heavy atom. The summed E-state index contributed by atoms with van der Waals surface area (Å²) in [5.41, 5.74) is 0.918. The van der Waals surface area contributed by atoms with Crippen LogP contribution in [0.15, 0.2) is 24.4 Å². The minimum absolute atomic E-state index is 0.314. The first-order valence-electron chi connectivity index (χ1n) is 4.14. The van der Waals surface area contributed by atoms with Crippen LogP contribution in [0, 0.1) is 11.6 Å². The summed E-state index contributed by atoms with van der Waals surface area (Å²) in [6.45, 7) is 0. The lowest BCUT2D eigenvalue weighted by atomic mass is 10.1. The Morgan fingerprint density at radius 1 is 1.29 bits per heavy atom. The topological polar surface area (TPSA) is 24.9 Å². The summed E-state index contributed by atoms with van der Waals surface area (Å²) in [4.78, 5) is 3.89. The van der Waals surface area contributed by atoms with Gasteiger partial charge in [0.05, 0.1) is 10.9 Å². The van der Waals surface area contributed by atoms with Gasteiger partial charge in [-0.3, -0.25) is 4.98 Å². The molecule has 0 bridgehead atoms. The number of hydrogen-bond acceptors (Lipinski definition) is 2. The van der Waals surface area contributed by atoms with E-state index >= 15 is 0 Å². The van der Waals surface area contributed by atoms with Gasteiger partial charge in [-0.2, -0.15) is 0 Å². The average Bonchev–Trinajstić information content (AvgIpc) is 2.16. The monoisotopic (exact) mass is 194 g/mol. The average molecular weight is 194 g/mol. The van der Waals surface area contributed by atoms with Gasteiger partial charge in [0.2, 0.25) is 0 Å². The maximum absolute atomic E-state index is 13.4. The molecule has 0 aliphatic rings. The number of nitrogens with one attached hydrogen (secondary N) is 1. The number of nitrogens with zero attached hydrogens (tertiary/aromatic N) is 1. The Bertz CT molecular complexity index is 483. The van der Waals surface area contributed by atoms with E-state index in [2.05, 4.69) is 10.3 Å². The zero-order valence-electron chi connectivity index (χ0n) is 7.51. The summed E-state index contributed by atoms with van der Waals surface area (Å²) >= 11 is 0. The van der Waals surface area contributed by atoms with E-state index in [4.69, 9.17) is 0 Å². The molecule has 2 nitrogen and oxygen atoms in total. The maximum atomic E-state index is 13.4. The first-order chi connectivity index (χ1) is 6.72. The number of rotatable bonds is 1. The molecule has 0 atom stereocenters. The summed E-state index contributed by atoms with van der Waals surface area (Å²) < 4.78 is 26.2. The van der Waals surface area contributed by atoms with Gasteiger partial charge in [-0.25, -0.2) is 8.78 Å². The predicted molar refractivity (Wildman–Crippen MR) is 51.2 cm³/mol. The van der Waals surface area contributed by atoms with Gasteiger partial charge in [0.1, 0.15) is 11.6 Å². The van der Waals surface area contributed by atoms with Gasteiger partial charge in [-0.05, 0) is 6.07 Å². The smallest absolute Gasteiger partial charge is 0.137 e. The standard InChI is InChI=1S/C10H8F2N2/c1-13-8-2-3-14-9-5-6(11)4-7(12)10(8)9/h2-5H,1H3,(H,13,14). The molecular weight excluding hydrogens is 186 g/mol. The van der Waals surface area contributed by atoms with Crippen LogP contribution in [0.1, 0.15) is 0 Å². The third kappa shape index (κ3) is 1.28. The lowest BCUT2D eigenvalue weighted by Crippen LogP contribution is -1.94. The normalized spacial score (nSPS) is 10.5. The highest BCUT2D eigenvalue weighted by molar-refractivity contribution is 5.91. The summed E-state index contributed by atoms with van der Waals surface area (Å²) in [6, 6.07) is 3.70. The highest BCUT2D eigenvalue weighted by atomic mass is 19.1. The third-order valence-corrected chi connectivity index (χ3v) is 2.03. The van der Waals surface area contributed by atoms with Crippen molar-refractivity contribution in [3.05, 3.63) is 36.0 Å². The van der Waals surface area contributed by atoms with Crippen LogP contribution >= 0.6 is 0 Å². The Labute approximate surface area is 79.6 Å². The molecule has 0 saturated heterocycles. The van der Waals surface area contributed by atoms with E-state index in [1.165, 1.54) is 12.3 Å². The van der Waals surface area contributed by atoms with Crippen LogP contribution in [-0.2, 0) is 0 Å². The number of benzene rings is 1. The van der Waals surface area contributed by atoms with E-state index in [9.17, 15) is 8.78 Å². The molecule has 0 amide bonds. The van der Waals surface area contributed by atoms with Crippen molar-refractivity contribution in [2.24, 2.45) is 0 Å². The molecule has 1 heterocycles. The second-order valence-corrected chi connectivity index (χ2v) is 2.89. The number of pyridine rings is 1. The van der Waals surface area contributed by atoms with E-state index in [1.807, 2.05) is 0 Å². The first kappa shape index (κ1) is 8.87. The second kappa shape index (κ2) is 3.21. The van der Waals surface area contributed by atoms with Crippen molar-refractivity contribution in [2.75, 3.05) is 12.4 Å². The quantitative estimate of drug-likeness (QED) is 0.754. The Hall–Kier alpha value is -1.71. The largest absolute Gasteiger partial charge is 0.387 e. The number of fused-ring (bicyclic) bond motifs is 1. The molecule has 0 unspecified atom stereocenters. The molecule has 0 fully saturated rings. The van der Waals surface area contributed by atoms with E-state index < -0.39 is 11.6 Å². The minimum Gasteiger partial charge on any atom is -0.387 e. The van der Waals surface area contributed by atoms with Gasteiger partial charge < -0.3 is 5.32 Å².